The maximum Gasteiger partial charge on any atom is 0.409 e. The predicted octanol–water partition coefficient (Wildman–Crippen LogP) is 3.68. The van der Waals surface area contributed by atoms with Crippen LogP contribution in [0.15, 0.2) is 47.0 Å². The number of anilines is 1. The number of aryl methyl sites for hydroxylation is 1. The van der Waals surface area contributed by atoms with Crippen LogP contribution in [-0.4, -0.2) is 76.1 Å². The summed E-state index contributed by atoms with van der Waals surface area (Å²) in [5.74, 6) is 0.502. The fourth-order valence-electron chi connectivity index (χ4n) is 4.21. The maximum absolute atomic E-state index is 13.1. The van der Waals surface area contributed by atoms with Gasteiger partial charge in [-0.1, -0.05) is 0 Å². The van der Waals surface area contributed by atoms with Crippen LogP contribution in [-0.2, 0) is 16.1 Å². The minimum Gasteiger partial charge on any atom is -0.486 e. The number of furan rings is 1. The van der Waals surface area contributed by atoms with Gasteiger partial charge in [-0.2, -0.15) is 5.10 Å². The molecule has 12 heteroatoms. The molecule has 12 nitrogen and oxygen atoms in total. The molecular formula is C28H33N5O7. The summed E-state index contributed by atoms with van der Waals surface area (Å²) in [6.45, 7) is 8.75. The number of hydrogen-bond acceptors (Lipinski definition) is 8. The van der Waals surface area contributed by atoms with Crippen LogP contribution in [0.2, 0.25) is 0 Å². The Balaban J connectivity index is 1.31. The Morgan fingerprint density at radius 3 is 2.35 bits per heavy atom. The number of nitrogens with zero attached hydrogens (tertiary/aromatic N) is 4. The zero-order valence-corrected chi connectivity index (χ0v) is 23.0. The third-order valence-electron chi connectivity index (χ3n) is 6.56. The van der Waals surface area contributed by atoms with Crippen molar-refractivity contribution in [1.29, 1.82) is 0 Å². The summed E-state index contributed by atoms with van der Waals surface area (Å²) < 4.78 is 17.9. The highest BCUT2D eigenvalue weighted by atomic mass is 16.6. The summed E-state index contributed by atoms with van der Waals surface area (Å²) >= 11 is 0. The number of carbonyl (C=O) groups is 4. The van der Waals surface area contributed by atoms with Crippen molar-refractivity contribution in [2.24, 2.45) is 0 Å². The first-order chi connectivity index (χ1) is 19.2. The molecule has 0 spiro atoms. The number of piperazine rings is 1. The van der Waals surface area contributed by atoms with E-state index in [4.69, 9.17) is 13.9 Å². The molecule has 40 heavy (non-hydrogen) atoms. The summed E-state index contributed by atoms with van der Waals surface area (Å²) in [6.07, 6.45) is 1.24. The summed E-state index contributed by atoms with van der Waals surface area (Å²) in [5.41, 5.74) is 1.59. The van der Waals surface area contributed by atoms with Crippen LogP contribution in [0.5, 0.6) is 5.75 Å². The molecule has 2 aromatic heterocycles. The lowest BCUT2D eigenvalue weighted by Gasteiger charge is -2.35. The molecule has 3 heterocycles. The molecule has 0 radical (unpaired) electrons. The molecule has 1 N–H and O–H groups in total. The molecule has 1 aromatic carbocycles. The third kappa shape index (κ3) is 6.68. The van der Waals surface area contributed by atoms with E-state index in [1.807, 2.05) is 0 Å². The Kier molecular flexibility index (Phi) is 8.87. The molecule has 1 atom stereocenters. The van der Waals surface area contributed by atoms with Gasteiger partial charge in [-0.25, -0.2) is 4.79 Å². The van der Waals surface area contributed by atoms with E-state index < -0.39 is 11.9 Å². The standard InChI is InChI=1S/C28H33N5O7/c1-5-38-28(37)32-14-12-31(13-15-32)27(36)19(3)33-16-24(18(2)30-33)29-26(35)25-11-10-23(40-25)17-39-22-8-6-21(7-9-22)20(4)34/h6-11,16,19H,5,12-15,17H2,1-4H3,(H,29,35). The Bertz CT molecular complexity index is 1370. The molecule has 1 aliphatic rings. The number of hydrogen-bond donors (Lipinski definition) is 1. The average molecular weight is 552 g/mol. The lowest BCUT2D eigenvalue weighted by molar-refractivity contribution is -0.136. The molecule has 1 fully saturated rings. The van der Waals surface area contributed by atoms with Gasteiger partial charge in [0.2, 0.25) is 5.91 Å². The Labute approximate surface area is 231 Å². The zero-order valence-electron chi connectivity index (χ0n) is 23.0. The molecule has 1 aliphatic heterocycles. The fraction of sp³-hybridized carbons (Fsp3) is 0.393. The van der Waals surface area contributed by atoms with E-state index in [0.29, 0.717) is 61.2 Å². The number of rotatable bonds is 9. The van der Waals surface area contributed by atoms with E-state index in [1.54, 1.807) is 73.2 Å². The molecule has 1 unspecified atom stereocenters. The molecule has 3 aromatic rings. The zero-order chi connectivity index (χ0) is 28.8. The third-order valence-corrected chi connectivity index (χ3v) is 6.56. The largest absolute Gasteiger partial charge is 0.486 e. The maximum atomic E-state index is 13.1. The number of amides is 3. The van der Waals surface area contributed by atoms with Gasteiger partial charge >= 0.3 is 6.09 Å². The first kappa shape index (κ1) is 28.4. The monoisotopic (exact) mass is 551 g/mol. The first-order valence-corrected chi connectivity index (χ1v) is 13.1. The number of ether oxygens (including phenoxy) is 2. The van der Waals surface area contributed by atoms with Crippen LogP contribution in [0.25, 0.3) is 0 Å². The van der Waals surface area contributed by atoms with Crippen LogP contribution < -0.4 is 10.1 Å². The second-order valence-corrected chi connectivity index (χ2v) is 9.38. The van der Waals surface area contributed by atoms with E-state index in [9.17, 15) is 19.2 Å². The van der Waals surface area contributed by atoms with Gasteiger partial charge in [-0.3, -0.25) is 19.1 Å². The topological polar surface area (TPSA) is 136 Å². The Morgan fingerprint density at radius 1 is 1.02 bits per heavy atom. The van der Waals surface area contributed by atoms with E-state index in [1.165, 1.54) is 11.6 Å². The quantitative estimate of drug-likeness (QED) is 0.398. The molecule has 212 valence electrons. The average Bonchev–Trinajstić information content (AvgIpc) is 3.58. The number of Topliss-reactive ketones (excluding diaryl/α,β-unsaturated/α-hetero) is 1. The number of ketones is 1. The summed E-state index contributed by atoms with van der Waals surface area (Å²) in [5, 5.41) is 7.21. The van der Waals surface area contributed by atoms with Crippen LogP contribution in [0.1, 0.15) is 59.2 Å². The van der Waals surface area contributed by atoms with Gasteiger partial charge in [0.25, 0.3) is 5.91 Å². The van der Waals surface area contributed by atoms with Gasteiger partial charge in [0.15, 0.2) is 11.5 Å². The lowest BCUT2D eigenvalue weighted by Crippen LogP contribution is -2.52. The normalized spacial score (nSPS) is 14.0. The SMILES string of the molecule is CCOC(=O)N1CCN(C(=O)C(C)n2cc(NC(=O)c3ccc(COc4ccc(C(C)=O)cc4)o3)c(C)n2)CC1. The molecule has 3 amide bonds. The van der Waals surface area contributed by atoms with Crippen LogP contribution in [0.3, 0.4) is 0 Å². The van der Waals surface area contributed by atoms with Gasteiger partial charge in [0, 0.05) is 37.9 Å². The molecule has 0 aliphatic carbocycles. The highest BCUT2D eigenvalue weighted by Gasteiger charge is 2.29. The van der Waals surface area contributed by atoms with Gasteiger partial charge in [-0.15, -0.1) is 0 Å². The van der Waals surface area contributed by atoms with Crippen molar-refractivity contribution >= 4 is 29.4 Å². The van der Waals surface area contributed by atoms with Crippen LogP contribution >= 0.6 is 0 Å². The second-order valence-electron chi connectivity index (χ2n) is 9.38. The van der Waals surface area contributed by atoms with Crippen molar-refractivity contribution in [3.05, 3.63) is 65.4 Å². The highest BCUT2D eigenvalue weighted by molar-refractivity contribution is 6.02. The van der Waals surface area contributed by atoms with Gasteiger partial charge in [0.05, 0.1) is 18.0 Å². The molecule has 1 saturated heterocycles. The van der Waals surface area contributed by atoms with E-state index in [2.05, 4.69) is 10.4 Å². The van der Waals surface area contributed by atoms with Crippen molar-refractivity contribution in [3.63, 3.8) is 0 Å². The number of benzene rings is 1. The van der Waals surface area contributed by atoms with Crippen molar-refractivity contribution in [2.75, 3.05) is 38.1 Å². The summed E-state index contributed by atoms with van der Waals surface area (Å²) in [6, 6.07) is 9.36. The predicted molar refractivity (Wildman–Crippen MR) is 144 cm³/mol. The first-order valence-electron chi connectivity index (χ1n) is 13.1. The minimum atomic E-state index is -0.602. The summed E-state index contributed by atoms with van der Waals surface area (Å²) in [4.78, 5) is 52.5. The lowest BCUT2D eigenvalue weighted by atomic mass is 10.1. The second kappa shape index (κ2) is 12.5. The minimum absolute atomic E-state index is 0.0269. The number of nitrogens with one attached hydrogen (secondary N) is 1. The molecule has 4 rings (SSSR count). The Hall–Kier alpha value is -4.61. The fourth-order valence-corrected chi connectivity index (χ4v) is 4.21. The van der Waals surface area contributed by atoms with Gasteiger partial charge in [-0.05, 0) is 64.1 Å². The van der Waals surface area contributed by atoms with Crippen molar-refractivity contribution in [2.45, 2.75) is 40.3 Å². The smallest absolute Gasteiger partial charge is 0.409 e. The Morgan fingerprint density at radius 2 is 1.70 bits per heavy atom. The van der Waals surface area contributed by atoms with Crippen molar-refractivity contribution in [1.82, 2.24) is 19.6 Å². The van der Waals surface area contributed by atoms with Crippen molar-refractivity contribution < 1.29 is 33.1 Å². The van der Waals surface area contributed by atoms with Gasteiger partial charge in [0.1, 0.15) is 24.2 Å². The van der Waals surface area contributed by atoms with Crippen molar-refractivity contribution in [3.8, 4) is 5.75 Å². The molecular weight excluding hydrogens is 518 g/mol. The highest BCUT2D eigenvalue weighted by Crippen LogP contribution is 2.21. The number of aromatic nitrogens is 2. The summed E-state index contributed by atoms with van der Waals surface area (Å²) in [7, 11) is 0. The van der Waals surface area contributed by atoms with E-state index in [0.717, 1.165) is 0 Å². The van der Waals surface area contributed by atoms with E-state index in [-0.39, 0.29) is 30.2 Å². The van der Waals surface area contributed by atoms with Crippen LogP contribution in [0.4, 0.5) is 10.5 Å². The van der Waals surface area contributed by atoms with Gasteiger partial charge < -0.3 is 29.0 Å². The van der Waals surface area contributed by atoms with E-state index >= 15 is 0 Å². The molecule has 0 saturated carbocycles. The van der Waals surface area contributed by atoms with Crippen LogP contribution in [0, 0.1) is 6.92 Å². The molecule has 0 bridgehead atoms. The number of carbonyl (C=O) groups excluding carboxylic acids is 4.